The first-order valence-electron chi connectivity index (χ1n) is 14.2. The van der Waals surface area contributed by atoms with Crippen molar-refractivity contribution in [3.05, 3.63) is 97.4 Å². The Morgan fingerprint density at radius 1 is 0.955 bits per heavy atom. The van der Waals surface area contributed by atoms with E-state index in [2.05, 4.69) is 9.88 Å². The number of rotatable bonds is 5. The third-order valence-electron chi connectivity index (χ3n) is 8.23. The fraction of sp³-hybridized carbons (Fsp3) is 0.290. The largest absolute Gasteiger partial charge is 0.334 e. The van der Waals surface area contributed by atoms with Crippen molar-refractivity contribution in [1.29, 1.82) is 0 Å². The lowest BCUT2D eigenvalue weighted by Gasteiger charge is -2.47. The van der Waals surface area contributed by atoms with Gasteiger partial charge in [0.05, 0.1) is 16.4 Å². The molecule has 0 unspecified atom stereocenters. The van der Waals surface area contributed by atoms with E-state index < -0.39 is 0 Å². The molecular formula is C31H27Cl2FN6O2S2. The van der Waals surface area contributed by atoms with Gasteiger partial charge in [0.1, 0.15) is 5.82 Å². The van der Waals surface area contributed by atoms with Crippen LogP contribution in [-0.4, -0.2) is 92.3 Å². The second-order valence-electron chi connectivity index (χ2n) is 10.9. The molecule has 226 valence electrons. The number of aromatic nitrogens is 3. The Morgan fingerprint density at radius 3 is 2.43 bits per heavy atom. The minimum Gasteiger partial charge on any atom is -0.334 e. The summed E-state index contributed by atoms with van der Waals surface area (Å²) in [5, 5.41) is 8.15. The standard InChI is InChI=1S/C31H27Cl2FN6O2S2/c32-21-3-6-26(25(33)14-21)40-28-20(13-19-1-4-22(34)5-2-19)17-43-18-24(28)27(36-40)30(41)39-15-23(16-39)37-8-10-38(11-9-37)31(42)29-35-7-12-44-29/h1-7,12-14,23H,8-11,15-18H2. The van der Waals surface area contributed by atoms with Crippen molar-refractivity contribution < 1.29 is 14.0 Å². The number of carbonyl (C=O) groups excluding carboxylic acids is 2. The molecule has 2 amide bonds. The zero-order valence-corrected chi connectivity index (χ0v) is 26.6. The van der Waals surface area contributed by atoms with Gasteiger partial charge in [0.2, 0.25) is 0 Å². The Morgan fingerprint density at radius 2 is 1.73 bits per heavy atom. The highest BCUT2D eigenvalue weighted by atomic mass is 35.5. The van der Waals surface area contributed by atoms with Gasteiger partial charge in [-0.05, 0) is 47.5 Å². The Hall–Kier alpha value is -3.22. The fourth-order valence-corrected chi connectivity index (χ4v) is 7.98. The number of halogens is 3. The van der Waals surface area contributed by atoms with Crippen molar-refractivity contribution in [3.8, 4) is 5.69 Å². The highest BCUT2D eigenvalue weighted by Crippen LogP contribution is 2.39. The lowest BCUT2D eigenvalue weighted by atomic mass is 10.0. The summed E-state index contributed by atoms with van der Waals surface area (Å²) in [6.07, 6.45) is 3.67. The SMILES string of the molecule is O=C(c1nccs1)N1CCN(C2CN(C(=O)c3nn(-c4ccc(Cl)cc4Cl)c4c3CSCC4=Cc3ccc(F)cc3)C2)CC1. The average molecular weight is 670 g/mol. The highest BCUT2D eigenvalue weighted by Gasteiger charge is 2.40. The maximum Gasteiger partial charge on any atom is 0.282 e. The van der Waals surface area contributed by atoms with Gasteiger partial charge in [-0.1, -0.05) is 35.3 Å². The third kappa shape index (κ3) is 5.67. The van der Waals surface area contributed by atoms with E-state index in [9.17, 15) is 14.0 Å². The Kier molecular flexibility index (Phi) is 8.23. The van der Waals surface area contributed by atoms with E-state index in [0.29, 0.717) is 64.1 Å². The molecule has 0 N–H and O–H groups in total. The molecule has 0 radical (unpaired) electrons. The molecule has 7 rings (SSSR count). The maximum atomic E-state index is 13.9. The van der Waals surface area contributed by atoms with Crippen molar-refractivity contribution in [2.75, 3.05) is 45.0 Å². The zero-order valence-electron chi connectivity index (χ0n) is 23.5. The molecule has 2 aromatic carbocycles. The highest BCUT2D eigenvalue weighted by molar-refractivity contribution is 7.99. The Labute approximate surface area is 272 Å². The molecule has 4 aromatic rings. The molecule has 2 saturated heterocycles. The van der Waals surface area contributed by atoms with Crippen molar-refractivity contribution in [2.45, 2.75) is 11.8 Å². The van der Waals surface area contributed by atoms with Crippen LogP contribution in [0.5, 0.6) is 0 Å². The predicted molar refractivity (Wildman–Crippen MR) is 173 cm³/mol. The van der Waals surface area contributed by atoms with Crippen LogP contribution in [0.15, 0.2) is 54.0 Å². The Balaban J connectivity index is 1.12. The second-order valence-corrected chi connectivity index (χ2v) is 13.7. The van der Waals surface area contributed by atoms with Crippen LogP contribution in [-0.2, 0) is 5.75 Å². The van der Waals surface area contributed by atoms with E-state index in [1.165, 1.54) is 23.5 Å². The number of carbonyl (C=O) groups is 2. The minimum absolute atomic E-state index is 0.0167. The quantitative estimate of drug-likeness (QED) is 0.266. The molecule has 2 fully saturated rings. The first kappa shape index (κ1) is 29.5. The number of hydrogen-bond acceptors (Lipinski definition) is 7. The summed E-state index contributed by atoms with van der Waals surface area (Å²) in [7, 11) is 0. The first-order valence-corrected chi connectivity index (χ1v) is 17.0. The molecule has 5 heterocycles. The lowest BCUT2D eigenvalue weighted by molar-refractivity contribution is 0.00816. The van der Waals surface area contributed by atoms with Crippen molar-refractivity contribution in [2.24, 2.45) is 0 Å². The third-order valence-corrected chi connectivity index (χ3v) is 10.5. The van der Waals surface area contributed by atoms with Crippen molar-refractivity contribution in [1.82, 2.24) is 29.5 Å². The Bertz CT molecular complexity index is 1750. The maximum absolute atomic E-state index is 13.9. The van der Waals surface area contributed by atoms with Crippen LogP contribution in [0.25, 0.3) is 17.3 Å². The molecule has 0 bridgehead atoms. The lowest BCUT2D eigenvalue weighted by Crippen LogP contribution is -2.64. The zero-order chi connectivity index (χ0) is 30.4. The number of thiazole rings is 1. The summed E-state index contributed by atoms with van der Waals surface area (Å²) in [5.74, 6) is 0.919. The molecule has 8 nitrogen and oxygen atoms in total. The number of benzene rings is 2. The van der Waals surface area contributed by atoms with E-state index in [1.54, 1.807) is 46.9 Å². The van der Waals surface area contributed by atoms with Gasteiger partial charge in [0.15, 0.2) is 10.7 Å². The van der Waals surface area contributed by atoms with Crippen LogP contribution in [0.3, 0.4) is 0 Å². The molecule has 0 saturated carbocycles. The summed E-state index contributed by atoms with van der Waals surface area (Å²) >= 11 is 15.9. The molecule has 0 atom stereocenters. The fourth-order valence-electron chi connectivity index (χ4n) is 5.87. The number of thioether (sulfide) groups is 1. The van der Waals surface area contributed by atoms with Crippen LogP contribution < -0.4 is 0 Å². The smallest absolute Gasteiger partial charge is 0.282 e. The van der Waals surface area contributed by atoms with Crippen LogP contribution in [0.4, 0.5) is 4.39 Å². The van der Waals surface area contributed by atoms with Gasteiger partial charge < -0.3 is 9.80 Å². The summed E-state index contributed by atoms with van der Waals surface area (Å²) in [6.45, 7) is 4.02. The van der Waals surface area contributed by atoms with Crippen molar-refractivity contribution in [3.63, 3.8) is 0 Å². The van der Waals surface area contributed by atoms with Crippen LogP contribution in [0, 0.1) is 5.82 Å². The number of fused-ring (bicyclic) bond motifs is 1. The molecule has 3 aliphatic rings. The molecular weight excluding hydrogens is 642 g/mol. The summed E-state index contributed by atoms with van der Waals surface area (Å²) in [6, 6.07) is 11.8. The van der Waals surface area contributed by atoms with E-state index >= 15 is 0 Å². The van der Waals surface area contributed by atoms with Gasteiger partial charge in [0.25, 0.3) is 11.8 Å². The number of nitrogens with zero attached hydrogens (tertiary/aromatic N) is 6. The summed E-state index contributed by atoms with van der Waals surface area (Å²) < 4.78 is 15.4. The van der Waals surface area contributed by atoms with E-state index in [0.717, 1.165) is 35.5 Å². The monoisotopic (exact) mass is 668 g/mol. The van der Waals surface area contributed by atoms with E-state index in [-0.39, 0.29) is 23.7 Å². The van der Waals surface area contributed by atoms with E-state index in [4.69, 9.17) is 28.3 Å². The summed E-state index contributed by atoms with van der Waals surface area (Å²) in [4.78, 5) is 36.8. The number of amides is 2. The van der Waals surface area contributed by atoms with Crippen molar-refractivity contribution >= 4 is 69.8 Å². The number of piperazine rings is 1. The molecule has 2 aromatic heterocycles. The molecule has 0 spiro atoms. The normalized spacial score (nSPS) is 18.4. The second kappa shape index (κ2) is 12.3. The molecule has 3 aliphatic heterocycles. The minimum atomic E-state index is -0.296. The molecule has 44 heavy (non-hydrogen) atoms. The van der Waals surface area contributed by atoms with Gasteiger partial charge in [-0.2, -0.15) is 16.9 Å². The van der Waals surface area contributed by atoms with Gasteiger partial charge in [0, 0.05) is 79.0 Å². The van der Waals surface area contributed by atoms with Gasteiger partial charge >= 0.3 is 0 Å². The summed E-state index contributed by atoms with van der Waals surface area (Å²) in [5.41, 5.74) is 4.58. The van der Waals surface area contributed by atoms with Crippen LogP contribution in [0.1, 0.15) is 37.1 Å². The molecule has 13 heteroatoms. The van der Waals surface area contributed by atoms with Gasteiger partial charge in [-0.25, -0.2) is 14.1 Å². The van der Waals surface area contributed by atoms with Crippen LogP contribution >= 0.6 is 46.3 Å². The van der Waals surface area contributed by atoms with Crippen LogP contribution in [0.2, 0.25) is 10.0 Å². The van der Waals surface area contributed by atoms with Gasteiger partial charge in [-0.3, -0.25) is 14.5 Å². The number of hydrogen-bond donors (Lipinski definition) is 0. The van der Waals surface area contributed by atoms with Gasteiger partial charge in [-0.15, -0.1) is 11.3 Å². The average Bonchev–Trinajstić information content (AvgIpc) is 3.67. The molecule has 0 aliphatic carbocycles. The first-order chi connectivity index (χ1) is 21.4. The predicted octanol–water partition coefficient (Wildman–Crippen LogP) is 5.84. The van der Waals surface area contributed by atoms with E-state index in [1.807, 2.05) is 27.3 Å². The topological polar surface area (TPSA) is 74.6 Å². The number of likely N-dealkylation sites (tertiary alicyclic amines) is 1.